The van der Waals surface area contributed by atoms with Crippen LogP contribution in [0.15, 0.2) is 24.4 Å². The first-order valence-corrected chi connectivity index (χ1v) is 8.56. The van der Waals surface area contributed by atoms with Gasteiger partial charge in [-0.3, -0.25) is 20.4 Å². The lowest BCUT2D eigenvalue weighted by Crippen LogP contribution is -2.41. The summed E-state index contributed by atoms with van der Waals surface area (Å²) >= 11 is 7.17. The Kier molecular flexibility index (Phi) is 4.63. The van der Waals surface area contributed by atoms with Crippen molar-refractivity contribution in [1.29, 1.82) is 0 Å². The summed E-state index contributed by atoms with van der Waals surface area (Å²) in [4.78, 5) is 29.8. The van der Waals surface area contributed by atoms with E-state index in [0.29, 0.717) is 21.5 Å². The summed E-state index contributed by atoms with van der Waals surface area (Å²) in [6.07, 6.45) is 4.56. The van der Waals surface area contributed by atoms with Crippen LogP contribution >= 0.6 is 22.9 Å². The molecular formula is C16H16ClN3O2S. The quantitative estimate of drug-likeness (QED) is 0.646. The third kappa shape index (κ3) is 3.71. The van der Waals surface area contributed by atoms with Crippen LogP contribution in [0, 0.1) is 5.92 Å². The zero-order chi connectivity index (χ0) is 16.4. The molecule has 0 aromatic carbocycles. The lowest BCUT2D eigenvalue weighted by molar-refractivity contribution is 0.0848. The maximum absolute atomic E-state index is 12.2. The average molecular weight is 350 g/mol. The molecular weight excluding hydrogens is 334 g/mol. The van der Waals surface area contributed by atoms with Crippen LogP contribution in [0.4, 0.5) is 0 Å². The molecule has 0 unspecified atom stereocenters. The zero-order valence-electron chi connectivity index (χ0n) is 12.6. The van der Waals surface area contributed by atoms with Crippen LogP contribution in [0.3, 0.4) is 0 Å². The van der Waals surface area contributed by atoms with Gasteiger partial charge in [-0.2, -0.15) is 0 Å². The molecule has 23 heavy (non-hydrogen) atoms. The molecule has 2 N–H and O–H groups in total. The van der Waals surface area contributed by atoms with Crippen LogP contribution < -0.4 is 10.9 Å². The second kappa shape index (κ2) is 6.68. The number of halogens is 1. The van der Waals surface area contributed by atoms with E-state index in [0.717, 1.165) is 19.3 Å². The van der Waals surface area contributed by atoms with Gasteiger partial charge in [0.05, 0.1) is 10.4 Å². The Morgan fingerprint density at radius 3 is 2.83 bits per heavy atom. The predicted molar refractivity (Wildman–Crippen MR) is 89.7 cm³/mol. The van der Waals surface area contributed by atoms with Crippen LogP contribution in [0.1, 0.15) is 43.8 Å². The van der Waals surface area contributed by atoms with Gasteiger partial charge in [-0.15, -0.1) is 11.3 Å². The first kappa shape index (κ1) is 16.0. The fourth-order valence-corrected chi connectivity index (χ4v) is 3.79. The molecule has 0 radical (unpaired) electrons. The maximum Gasteiger partial charge on any atom is 0.279 e. The maximum atomic E-state index is 12.2. The highest BCUT2D eigenvalue weighted by molar-refractivity contribution is 7.14. The number of carbonyl (C=O) groups is 2. The van der Waals surface area contributed by atoms with Crippen LogP contribution in [-0.4, -0.2) is 16.8 Å². The van der Waals surface area contributed by atoms with Crippen molar-refractivity contribution in [2.45, 2.75) is 26.2 Å². The molecule has 2 aromatic rings. The molecule has 0 saturated carbocycles. The minimum absolute atomic E-state index is 0.299. The number of hydrogen-bond donors (Lipinski definition) is 2. The van der Waals surface area contributed by atoms with Crippen LogP contribution in [0.5, 0.6) is 0 Å². The Morgan fingerprint density at radius 2 is 2.09 bits per heavy atom. The van der Waals surface area contributed by atoms with Crippen LogP contribution in [-0.2, 0) is 12.8 Å². The van der Waals surface area contributed by atoms with Crippen molar-refractivity contribution < 1.29 is 9.59 Å². The number of hydrogen-bond acceptors (Lipinski definition) is 4. The Bertz CT molecular complexity index is 742. The molecule has 0 saturated heterocycles. The second-order valence-electron chi connectivity index (χ2n) is 5.68. The SMILES string of the molecule is C[C@@H]1CCc2sc(C(=O)NNC(=O)c3ccc(Cl)nc3)cc2C1. The van der Waals surface area contributed by atoms with Crippen molar-refractivity contribution in [2.24, 2.45) is 5.92 Å². The van der Waals surface area contributed by atoms with Gasteiger partial charge in [-0.1, -0.05) is 18.5 Å². The highest BCUT2D eigenvalue weighted by atomic mass is 35.5. The lowest BCUT2D eigenvalue weighted by atomic mass is 9.90. The minimum atomic E-state index is -0.433. The van der Waals surface area contributed by atoms with Crippen molar-refractivity contribution in [3.05, 3.63) is 50.4 Å². The van der Waals surface area contributed by atoms with E-state index in [1.807, 2.05) is 6.07 Å². The molecule has 2 aromatic heterocycles. The number of nitrogens with zero attached hydrogens (tertiary/aromatic N) is 1. The third-order valence-electron chi connectivity index (χ3n) is 3.83. The first-order valence-electron chi connectivity index (χ1n) is 7.36. The van der Waals surface area contributed by atoms with E-state index in [9.17, 15) is 9.59 Å². The highest BCUT2D eigenvalue weighted by Gasteiger charge is 2.21. The molecule has 0 bridgehead atoms. The number of rotatable bonds is 2. The Hall–Kier alpha value is -1.92. The largest absolute Gasteiger partial charge is 0.279 e. The molecule has 7 heteroatoms. The number of hydrazine groups is 1. The van der Waals surface area contributed by atoms with Crippen molar-refractivity contribution in [1.82, 2.24) is 15.8 Å². The number of nitrogens with one attached hydrogen (secondary N) is 2. The lowest BCUT2D eigenvalue weighted by Gasteiger charge is -2.16. The Morgan fingerprint density at radius 1 is 1.30 bits per heavy atom. The zero-order valence-corrected chi connectivity index (χ0v) is 14.1. The molecule has 0 spiro atoms. The standard InChI is InChI=1S/C16H16ClN3O2S/c1-9-2-4-12-11(6-9)7-13(23-12)16(22)20-19-15(21)10-3-5-14(17)18-8-10/h3,5,7-9H,2,4,6H2,1H3,(H,19,21)(H,20,22)/t9-/m1/s1. The van der Waals surface area contributed by atoms with E-state index in [2.05, 4.69) is 22.8 Å². The molecule has 1 aliphatic carbocycles. The van der Waals surface area contributed by atoms with Gasteiger partial charge in [-0.05, 0) is 48.9 Å². The van der Waals surface area contributed by atoms with Gasteiger partial charge in [0.15, 0.2) is 0 Å². The van der Waals surface area contributed by atoms with Crippen molar-refractivity contribution in [3.8, 4) is 0 Å². The van der Waals surface area contributed by atoms with Gasteiger partial charge in [0, 0.05) is 11.1 Å². The van der Waals surface area contributed by atoms with Gasteiger partial charge in [0.25, 0.3) is 11.8 Å². The molecule has 2 amide bonds. The molecule has 2 heterocycles. The minimum Gasteiger partial charge on any atom is -0.267 e. The van der Waals surface area contributed by atoms with Crippen molar-refractivity contribution in [2.75, 3.05) is 0 Å². The van der Waals surface area contributed by atoms with E-state index < -0.39 is 5.91 Å². The summed E-state index contributed by atoms with van der Waals surface area (Å²) in [6.45, 7) is 2.22. The normalized spacial score (nSPS) is 16.5. The van der Waals surface area contributed by atoms with Crippen molar-refractivity contribution in [3.63, 3.8) is 0 Å². The van der Waals surface area contributed by atoms with E-state index in [4.69, 9.17) is 11.6 Å². The third-order valence-corrected chi connectivity index (χ3v) is 5.29. The molecule has 0 fully saturated rings. The first-order chi connectivity index (χ1) is 11.0. The fraction of sp³-hybridized carbons (Fsp3) is 0.312. The van der Waals surface area contributed by atoms with Gasteiger partial charge >= 0.3 is 0 Å². The van der Waals surface area contributed by atoms with Gasteiger partial charge in [0.2, 0.25) is 0 Å². The highest BCUT2D eigenvalue weighted by Crippen LogP contribution is 2.32. The number of fused-ring (bicyclic) bond motifs is 1. The molecule has 3 rings (SSSR count). The smallest absolute Gasteiger partial charge is 0.267 e. The molecule has 5 nitrogen and oxygen atoms in total. The summed E-state index contributed by atoms with van der Waals surface area (Å²) in [7, 11) is 0. The fourth-order valence-electron chi connectivity index (χ4n) is 2.58. The number of aromatic nitrogens is 1. The Balaban J connectivity index is 1.61. The van der Waals surface area contributed by atoms with Gasteiger partial charge in [0.1, 0.15) is 5.15 Å². The van der Waals surface area contributed by atoms with Gasteiger partial charge in [-0.25, -0.2) is 4.98 Å². The number of carbonyl (C=O) groups excluding carboxylic acids is 2. The topological polar surface area (TPSA) is 71.1 Å². The number of amides is 2. The molecule has 0 aliphatic heterocycles. The average Bonchev–Trinajstić information content (AvgIpc) is 2.96. The van der Waals surface area contributed by atoms with E-state index in [1.165, 1.54) is 34.0 Å². The number of thiophene rings is 1. The van der Waals surface area contributed by atoms with Crippen LogP contribution in [0.25, 0.3) is 0 Å². The molecule has 1 aliphatic rings. The number of aryl methyl sites for hydroxylation is 1. The predicted octanol–water partition coefficient (Wildman–Crippen LogP) is 3.00. The summed E-state index contributed by atoms with van der Waals surface area (Å²) in [5.74, 6) is -0.0742. The van der Waals surface area contributed by atoms with E-state index in [-0.39, 0.29) is 5.91 Å². The van der Waals surface area contributed by atoms with Crippen LogP contribution in [0.2, 0.25) is 5.15 Å². The monoisotopic (exact) mass is 349 g/mol. The van der Waals surface area contributed by atoms with E-state index >= 15 is 0 Å². The second-order valence-corrected chi connectivity index (χ2v) is 7.21. The van der Waals surface area contributed by atoms with Gasteiger partial charge < -0.3 is 0 Å². The summed E-state index contributed by atoms with van der Waals surface area (Å²) in [5, 5.41) is 0.309. The summed E-state index contributed by atoms with van der Waals surface area (Å²) in [5.41, 5.74) is 6.42. The van der Waals surface area contributed by atoms with E-state index in [1.54, 1.807) is 6.07 Å². The summed E-state index contributed by atoms with van der Waals surface area (Å²) in [6, 6.07) is 5.00. The molecule has 120 valence electrons. The van der Waals surface area contributed by atoms with Crippen molar-refractivity contribution >= 4 is 34.8 Å². The molecule has 1 atom stereocenters. The Labute approximate surface area is 143 Å². The number of pyridine rings is 1. The summed E-state index contributed by atoms with van der Waals surface area (Å²) < 4.78 is 0.